The molecule has 0 aliphatic carbocycles. The van der Waals surface area contributed by atoms with Crippen molar-refractivity contribution in [1.29, 1.82) is 0 Å². The molecule has 1 aromatic carbocycles. The summed E-state index contributed by atoms with van der Waals surface area (Å²) in [5.74, 6) is 0.766. The Hall–Kier alpha value is -2.76. The summed E-state index contributed by atoms with van der Waals surface area (Å²) in [6.45, 7) is 10.5. The van der Waals surface area contributed by atoms with Gasteiger partial charge >= 0.3 is 0 Å². The van der Waals surface area contributed by atoms with Crippen LogP contribution in [0.4, 0.5) is 0 Å². The van der Waals surface area contributed by atoms with E-state index in [2.05, 4.69) is 27.6 Å². The Morgan fingerprint density at radius 1 is 1.30 bits per heavy atom. The van der Waals surface area contributed by atoms with Gasteiger partial charge in [0, 0.05) is 5.69 Å². The molecule has 0 atom stereocenters. The van der Waals surface area contributed by atoms with Crippen LogP contribution in [0.25, 0.3) is 5.70 Å². The van der Waals surface area contributed by atoms with Gasteiger partial charge in [-0.1, -0.05) is 20.4 Å². The van der Waals surface area contributed by atoms with E-state index in [9.17, 15) is 4.79 Å². The van der Waals surface area contributed by atoms with E-state index in [1.165, 1.54) is 0 Å². The molecule has 2 aromatic rings. The molecule has 122 valence electrons. The Bertz CT molecular complexity index is 674. The molecule has 1 amide bonds. The fourth-order valence-corrected chi connectivity index (χ4v) is 1.94. The molecule has 1 heterocycles. The van der Waals surface area contributed by atoms with Crippen LogP contribution in [0.15, 0.2) is 36.9 Å². The van der Waals surface area contributed by atoms with Crippen LogP contribution in [0.2, 0.25) is 0 Å². The minimum atomic E-state index is -0.319. The highest BCUT2D eigenvalue weighted by molar-refractivity contribution is 5.92. The number of hydrogen-bond acceptors (Lipinski definition) is 4. The zero-order chi connectivity index (χ0) is 16.8. The van der Waals surface area contributed by atoms with E-state index < -0.39 is 0 Å². The van der Waals surface area contributed by atoms with Crippen molar-refractivity contribution in [3.8, 4) is 5.75 Å². The molecule has 0 aliphatic heterocycles. The minimum absolute atomic E-state index is 0.288. The predicted octanol–water partition coefficient (Wildman–Crippen LogP) is 2.84. The highest BCUT2D eigenvalue weighted by atomic mass is 16.5. The van der Waals surface area contributed by atoms with Crippen LogP contribution < -0.4 is 15.6 Å². The lowest BCUT2D eigenvalue weighted by Crippen LogP contribution is -2.36. The normalized spacial score (nSPS) is 10.4. The van der Waals surface area contributed by atoms with Crippen LogP contribution in [0, 0.1) is 0 Å². The molecule has 6 nitrogen and oxygen atoms in total. The van der Waals surface area contributed by atoms with Crippen molar-refractivity contribution in [2.45, 2.75) is 26.7 Å². The molecule has 3 N–H and O–H groups in total. The first-order valence-electron chi connectivity index (χ1n) is 7.55. The summed E-state index contributed by atoms with van der Waals surface area (Å²) in [6.07, 6.45) is 0. The van der Waals surface area contributed by atoms with Crippen molar-refractivity contribution in [3.05, 3.63) is 53.9 Å². The summed E-state index contributed by atoms with van der Waals surface area (Å²) >= 11 is 0. The van der Waals surface area contributed by atoms with Gasteiger partial charge in [-0.05, 0) is 48.7 Å². The first-order valence-corrected chi connectivity index (χ1v) is 7.55. The topological polar surface area (TPSA) is 79.0 Å². The SMILES string of the molecule is C=C(NNC(=O)c1cc(C(C)C)[nH]n1)c1ccc(OCC)cc1. The van der Waals surface area contributed by atoms with Crippen molar-refractivity contribution in [2.75, 3.05) is 6.61 Å². The number of hydrazine groups is 1. The Labute approximate surface area is 135 Å². The third-order valence-electron chi connectivity index (χ3n) is 3.29. The molecule has 0 spiro atoms. The number of rotatable bonds is 7. The summed E-state index contributed by atoms with van der Waals surface area (Å²) < 4.78 is 5.39. The summed E-state index contributed by atoms with van der Waals surface area (Å²) in [5, 5.41) is 6.85. The van der Waals surface area contributed by atoms with Crippen molar-refractivity contribution in [1.82, 2.24) is 21.0 Å². The molecule has 1 aromatic heterocycles. The monoisotopic (exact) mass is 314 g/mol. The first-order chi connectivity index (χ1) is 11.0. The van der Waals surface area contributed by atoms with Crippen molar-refractivity contribution in [2.24, 2.45) is 0 Å². The molecule has 2 rings (SSSR count). The lowest BCUT2D eigenvalue weighted by molar-refractivity contribution is 0.0937. The van der Waals surface area contributed by atoms with Crippen LogP contribution in [0.3, 0.4) is 0 Å². The van der Waals surface area contributed by atoms with E-state index >= 15 is 0 Å². The van der Waals surface area contributed by atoms with Crippen LogP contribution >= 0.6 is 0 Å². The van der Waals surface area contributed by atoms with Crippen molar-refractivity contribution in [3.63, 3.8) is 0 Å². The average Bonchev–Trinajstić information content (AvgIpc) is 3.03. The summed E-state index contributed by atoms with van der Waals surface area (Å²) in [7, 11) is 0. The van der Waals surface area contributed by atoms with Crippen LogP contribution in [0.5, 0.6) is 5.75 Å². The van der Waals surface area contributed by atoms with Gasteiger partial charge in [-0.3, -0.25) is 20.7 Å². The second-order valence-corrected chi connectivity index (χ2v) is 5.38. The van der Waals surface area contributed by atoms with Crippen LogP contribution in [-0.4, -0.2) is 22.7 Å². The number of carbonyl (C=O) groups is 1. The molecule has 0 fully saturated rings. The van der Waals surface area contributed by atoms with E-state index in [0.717, 1.165) is 17.0 Å². The van der Waals surface area contributed by atoms with Crippen LogP contribution in [-0.2, 0) is 0 Å². The second-order valence-electron chi connectivity index (χ2n) is 5.38. The first kappa shape index (κ1) is 16.6. The number of ether oxygens (including phenoxy) is 1. The smallest absolute Gasteiger partial charge is 0.290 e. The Morgan fingerprint density at radius 2 is 2.00 bits per heavy atom. The van der Waals surface area contributed by atoms with Gasteiger partial charge in [0.15, 0.2) is 5.69 Å². The quantitative estimate of drug-likeness (QED) is 0.687. The van der Waals surface area contributed by atoms with E-state index in [1.54, 1.807) is 6.07 Å². The van der Waals surface area contributed by atoms with Crippen LogP contribution in [0.1, 0.15) is 48.4 Å². The Balaban J connectivity index is 1.91. The van der Waals surface area contributed by atoms with Gasteiger partial charge in [-0.15, -0.1) is 0 Å². The Morgan fingerprint density at radius 3 is 2.57 bits per heavy atom. The molecule has 0 saturated carbocycles. The highest BCUT2D eigenvalue weighted by Crippen LogP contribution is 2.16. The van der Waals surface area contributed by atoms with Crippen molar-refractivity contribution < 1.29 is 9.53 Å². The zero-order valence-corrected chi connectivity index (χ0v) is 13.6. The fourth-order valence-electron chi connectivity index (χ4n) is 1.94. The number of aromatic amines is 1. The summed E-state index contributed by atoms with van der Waals surface area (Å²) in [4.78, 5) is 12.0. The number of H-pyrrole nitrogens is 1. The Kier molecular flexibility index (Phi) is 5.41. The molecule has 0 bridgehead atoms. The standard InChI is InChI=1S/C17H22N4O2/c1-5-23-14-8-6-13(7-9-14)12(4)18-21-17(22)16-10-15(11(2)3)19-20-16/h6-11,18H,4-5H2,1-3H3,(H,19,20)(H,21,22). The molecule has 0 unspecified atom stereocenters. The van der Waals surface area contributed by atoms with Gasteiger partial charge < -0.3 is 4.74 Å². The molecule has 0 radical (unpaired) electrons. The van der Waals surface area contributed by atoms with Gasteiger partial charge in [0.05, 0.1) is 12.3 Å². The van der Waals surface area contributed by atoms with Gasteiger partial charge in [0.1, 0.15) is 5.75 Å². The number of aromatic nitrogens is 2. The predicted molar refractivity (Wildman–Crippen MR) is 89.9 cm³/mol. The van der Waals surface area contributed by atoms with Gasteiger partial charge in [-0.2, -0.15) is 5.10 Å². The van der Waals surface area contributed by atoms with E-state index in [4.69, 9.17) is 4.74 Å². The summed E-state index contributed by atoms with van der Waals surface area (Å²) in [5.41, 5.74) is 8.08. The number of carbonyl (C=O) groups excluding carboxylic acids is 1. The highest BCUT2D eigenvalue weighted by Gasteiger charge is 2.12. The van der Waals surface area contributed by atoms with Gasteiger partial charge in [0.2, 0.25) is 0 Å². The van der Waals surface area contributed by atoms with E-state index in [1.807, 2.05) is 45.0 Å². The fraction of sp³-hybridized carbons (Fsp3) is 0.294. The molecular formula is C17H22N4O2. The molecule has 0 saturated heterocycles. The lowest BCUT2D eigenvalue weighted by atomic mass is 10.1. The largest absolute Gasteiger partial charge is 0.494 e. The van der Waals surface area contributed by atoms with Crippen molar-refractivity contribution >= 4 is 11.6 Å². The maximum atomic E-state index is 12.0. The van der Waals surface area contributed by atoms with Gasteiger partial charge in [0.25, 0.3) is 5.91 Å². The zero-order valence-electron chi connectivity index (χ0n) is 13.6. The maximum Gasteiger partial charge on any atom is 0.290 e. The van der Waals surface area contributed by atoms with Gasteiger partial charge in [-0.25, -0.2) is 0 Å². The number of amides is 1. The number of nitrogens with zero attached hydrogens (tertiary/aromatic N) is 1. The number of benzene rings is 1. The van der Waals surface area contributed by atoms with E-state index in [-0.39, 0.29) is 11.8 Å². The molecule has 6 heteroatoms. The third-order valence-corrected chi connectivity index (χ3v) is 3.29. The second kappa shape index (κ2) is 7.49. The third kappa shape index (κ3) is 4.35. The molecular weight excluding hydrogens is 292 g/mol. The number of nitrogens with one attached hydrogen (secondary N) is 3. The molecule has 0 aliphatic rings. The average molecular weight is 314 g/mol. The lowest BCUT2D eigenvalue weighted by Gasteiger charge is -2.11. The summed E-state index contributed by atoms with van der Waals surface area (Å²) in [6, 6.07) is 9.20. The minimum Gasteiger partial charge on any atom is -0.494 e. The maximum absolute atomic E-state index is 12.0. The number of hydrogen-bond donors (Lipinski definition) is 3. The van der Waals surface area contributed by atoms with E-state index in [0.29, 0.717) is 18.0 Å². The molecule has 23 heavy (non-hydrogen) atoms.